The third kappa shape index (κ3) is 5.06. The molecule has 1 heterocycles. The second-order valence-electron chi connectivity index (χ2n) is 10.7. The van der Waals surface area contributed by atoms with Gasteiger partial charge in [0.2, 0.25) is 0 Å². The van der Waals surface area contributed by atoms with Gasteiger partial charge in [0.1, 0.15) is 5.75 Å². The van der Waals surface area contributed by atoms with E-state index in [0.717, 1.165) is 50.8 Å². The second kappa shape index (κ2) is 9.56. The minimum atomic E-state index is -0.148. The van der Waals surface area contributed by atoms with Crippen LogP contribution in [-0.4, -0.2) is 24.1 Å². The maximum absolute atomic E-state index is 9.45. The van der Waals surface area contributed by atoms with Crippen LogP contribution in [0.15, 0.2) is 55.1 Å². The molecule has 0 amide bonds. The molecule has 0 spiro atoms. The van der Waals surface area contributed by atoms with Crippen molar-refractivity contribution in [3.05, 3.63) is 77.4 Å². The Kier molecular flexibility index (Phi) is 6.51. The summed E-state index contributed by atoms with van der Waals surface area (Å²) < 4.78 is 6.03. The SMILES string of the molecule is C=CC1CN(Cc2ccc([C@H](C)NC(C)C3(C#N)CC3)cc2)Cc2ccc(OCC3CC3)cc21. The Morgan fingerprint density at radius 2 is 1.97 bits per heavy atom. The van der Waals surface area contributed by atoms with E-state index in [-0.39, 0.29) is 17.5 Å². The predicted octanol–water partition coefficient (Wildman–Crippen LogP) is 6.10. The molecule has 3 atom stereocenters. The molecule has 2 unspecified atom stereocenters. The van der Waals surface area contributed by atoms with Gasteiger partial charge in [-0.2, -0.15) is 5.26 Å². The summed E-state index contributed by atoms with van der Waals surface area (Å²) in [5, 5.41) is 13.1. The number of ether oxygens (including phenoxy) is 1. The molecule has 1 aliphatic heterocycles. The molecular formula is C30H37N3O. The van der Waals surface area contributed by atoms with Crippen LogP contribution in [0, 0.1) is 22.7 Å². The van der Waals surface area contributed by atoms with Gasteiger partial charge in [-0.1, -0.05) is 36.4 Å². The number of nitrogens with zero attached hydrogens (tertiary/aromatic N) is 2. The quantitative estimate of drug-likeness (QED) is 0.440. The molecule has 2 aromatic rings. The van der Waals surface area contributed by atoms with Gasteiger partial charge in [-0.05, 0) is 79.8 Å². The molecule has 0 saturated heterocycles. The summed E-state index contributed by atoms with van der Waals surface area (Å²) in [6.45, 7) is 12.2. The van der Waals surface area contributed by atoms with Gasteiger partial charge in [0.05, 0.1) is 18.1 Å². The summed E-state index contributed by atoms with van der Waals surface area (Å²) >= 11 is 0. The van der Waals surface area contributed by atoms with E-state index in [4.69, 9.17) is 4.74 Å². The molecule has 178 valence electrons. The van der Waals surface area contributed by atoms with E-state index in [1.54, 1.807) is 0 Å². The fourth-order valence-corrected chi connectivity index (χ4v) is 5.23. The maximum Gasteiger partial charge on any atom is 0.119 e. The molecule has 3 aliphatic rings. The summed E-state index contributed by atoms with van der Waals surface area (Å²) in [7, 11) is 0. The third-order valence-electron chi connectivity index (χ3n) is 8.06. The Hall–Kier alpha value is -2.61. The highest BCUT2D eigenvalue weighted by atomic mass is 16.5. The molecule has 0 radical (unpaired) electrons. The molecule has 4 heteroatoms. The van der Waals surface area contributed by atoms with Crippen molar-refractivity contribution in [3.8, 4) is 11.8 Å². The molecule has 0 aromatic heterocycles. The zero-order valence-electron chi connectivity index (χ0n) is 20.6. The second-order valence-corrected chi connectivity index (χ2v) is 10.7. The normalized spacial score (nSPS) is 22.8. The van der Waals surface area contributed by atoms with Crippen LogP contribution in [-0.2, 0) is 13.1 Å². The van der Waals surface area contributed by atoms with Crippen LogP contribution in [0.5, 0.6) is 5.75 Å². The molecule has 2 saturated carbocycles. The first-order chi connectivity index (χ1) is 16.5. The zero-order chi connectivity index (χ0) is 23.7. The van der Waals surface area contributed by atoms with Gasteiger partial charge in [0.15, 0.2) is 0 Å². The van der Waals surface area contributed by atoms with E-state index >= 15 is 0 Å². The average Bonchev–Trinajstić information content (AvgIpc) is 3.77. The number of nitriles is 1. The van der Waals surface area contributed by atoms with Gasteiger partial charge < -0.3 is 10.1 Å². The van der Waals surface area contributed by atoms with Crippen molar-refractivity contribution >= 4 is 0 Å². The van der Waals surface area contributed by atoms with Crippen LogP contribution in [0.3, 0.4) is 0 Å². The number of hydrogen-bond acceptors (Lipinski definition) is 4. The van der Waals surface area contributed by atoms with Gasteiger partial charge >= 0.3 is 0 Å². The van der Waals surface area contributed by atoms with Crippen LogP contribution in [0.4, 0.5) is 0 Å². The van der Waals surface area contributed by atoms with Crippen molar-refractivity contribution in [1.29, 1.82) is 5.26 Å². The number of benzene rings is 2. The lowest BCUT2D eigenvalue weighted by atomic mass is 9.89. The lowest BCUT2D eigenvalue weighted by molar-refractivity contribution is 0.233. The largest absolute Gasteiger partial charge is 0.493 e. The molecule has 2 aliphatic carbocycles. The summed E-state index contributed by atoms with van der Waals surface area (Å²) in [4.78, 5) is 2.52. The number of rotatable bonds is 10. The minimum Gasteiger partial charge on any atom is -0.493 e. The molecule has 4 nitrogen and oxygen atoms in total. The number of nitrogens with one attached hydrogen (secondary N) is 1. The van der Waals surface area contributed by atoms with Gasteiger partial charge in [-0.25, -0.2) is 0 Å². The third-order valence-corrected chi connectivity index (χ3v) is 8.06. The maximum atomic E-state index is 9.45. The summed E-state index contributed by atoms with van der Waals surface area (Å²) in [5.74, 6) is 2.09. The highest BCUT2D eigenvalue weighted by molar-refractivity contribution is 5.41. The number of hydrogen-bond donors (Lipinski definition) is 1. The van der Waals surface area contributed by atoms with Crippen molar-refractivity contribution in [2.24, 2.45) is 11.3 Å². The van der Waals surface area contributed by atoms with E-state index in [1.165, 1.54) is 35.1 Å². The van der Waals surface area contributed by atoms with Crippen molar-refractivity contribution in [3.63, 3.8) is 0 Å². The highest BCUT2D eigenvalue weighted by Gasteiger charge is 2.48. The van der Waals surface area contributed by atoms with Crippen LogP contribution in [0.25, 0.3) is 0 Å². The van der Waals surface area contributed by atoms with Crippen molar-refractivity contribution in [1.82, 2.24) is 10.2 Å². The van der Waals surface area contributed by atoms with Crippen molar-refractivity contribution < 1.29 is 4.74 Å². The summed E-state index contributed by atoms with van der Waals surface area (Å²) in [6, 6.07) is 18.6. The molecule has 34 heavy (non-hydrogen) atoms. The van der Waals surface area contributed by atoms with Gasteiger partial charge in [0, 0.05) is 37.6 Å². The zero-order valence-corrected chi connectivity index (χ0v) is 20.6. The highest BCUT2D eigenvalue weighted by Crippen LogP contribution is 2.48. The van der Waals surface area contributed by atoms with Crippen molar-refractivity contribution in [2.45, 2.75) is 70.6 Å². The van der Waals surface area contributed by atoms with Crippen LogP contribution < -0.4 is 10.1 Å². The first-order valence-electron chi connectivity index (χ1n) is 12.9. The van der Waals surface area contributed by atoms with E-state index < -0.39 is 0 Å². The number of fused-ring (bicyclic) bond motifs is 1. The van der Waals surface area contributed by atoms with Gasteiger partial charge in [0.25, 0.3) is 0 Å². The molecule has 5 rings (SSSR count). The molecular weight excluding hydrogens is 418 g/mol. The fraction of sp³-hybridized carbons (Fsp3) is 0.500. The molecule has 2 fully saturated rings. The molecule has 1 N–H and O–H groups in total. The van der Waals surface area contributed by atoms with Crippen molar-refractivity contribution in [2.75, 3.05) is 13.2 Å². The molecule has 2 aromatic carbocycles. The van der Waals surface area contributed by atoms with E-state index in [2.05, 4.69) is 85.3 Å². The van der Waals surface area contributed by atoms with E-state index in [9.17, 15) is 5.26 Å². The van der Waals surface area contributed by atoms with Crippen LogP contribution in [0.2, 0.25) is 0 Å². The fourth-order valence-electron chi connectivity index (χ4n) is 5.23. The summed E-state index contributed by atoms with van der Waals surface area (Å²) in [6.07, 6.45) is 6.74. The Morgan fingerprint density at radius 3 is 2.62 bits per heavy atom. The Morgan fingerprint density at radius 1 is 1.21 bits per heavy atom. The predicted molar refractivity (Wildman–Crippen MR) is 136 cm³/mol. The van der Waals surface area contributed by atoms with E-state index in [1.807, 2.05) is 0 Å². The topological polar surface area (TPSA) is 48.3 Å². The van der Waals surface area contributed by atoms with Gasteiger partial charge in [-0.3, -0.25) is 4.90 Å². The standard InChI is InChI=1S/C30H37N3O/c1-4-25-17-33(18-27-11-12-28(15-29(25)27)34-19-24-5-6-24)16-23-7-9-26(10-8-23)21(2)32-22(3)30(20-31)13-14-30/h4,7-12,15,21-22,24-25,32H,1,5-6,13-14,16-19H2,2-3H3/t21-,22?,25?/m0/s1. The first kappa shape index (κ1) is 23.1. The lowest BCUT2D eigenvalue weighted by Gasteiger charge is -2.33. The summed E-state index contributed by atoms with van der Waals surface area (Å²) in [5.41, 5.74) is 5.20. The average molecular weight is 456 g/mol. The monoisotopic (exact) mass is 455 g/mol. The van der Waals surface area contributed by atoms with Crippen LogP contribution in [0.1, 0.15) is 73.7 Å². The van der Waals surface area contributed by atoms with E-state index in [0.29, 0.717) is 5.92 Å². The Labute approximate surface area is 204 Å². The molecule has 0 bridgehead atoms. The Bertz CT molecular complexity index is 1060. The first-order valence-corrected chi connectivity index (χ1v) is 12.9. The smallest absolute Gasteiger partial charge is 0.119 e. The Balaban J connectivity index is 1.20. The van der Waals surface area contributed by atoms with Crippen LogP contribution >= 0.6 is 0 Å². The van der Waals surface area contributed by atoms with Gasteiger partial charge in [-0.15, -0.1) is 6.58 Å². The lowest BCUT2D eigenvalue weighted by Crippen LogP contribution is -2.36. The minimum absolute atomic E-state index is 0.148.